The number of carboxylic acid groups (broad SMARTS) is 1. The van der Waals surface area contributed by atoms with Crippen LogP contribution in [-0.4, -0.2) is 32.6 Å². The second-order valence-electron chi connectivity index (χ2n) is 6.89. The van der Waals surface area contributed by atoms with Gasteiger partial charge >= 0.3 is 5.97 Å². The maximum Gasteiger partial charge on any atom is 0.337 e. The van der Waals surface area contributed by atoms with Crippen molar-refractivity contribution in [3.63, 3.8) is 0 Å². The number of nitrogens with one attached hydrogen (secondary N) is 1. The fourth-order valence-corrected chi connectivity index (χ4v) is 4.22. The number of hydrogen-bond donors (Lipinski definition) is 2. The fourth-order valence-electron chi connectivity index (χ4n) is 3.15. The van der Waals surface area contributed by atoms with E-state index in [1.165, 1.54) is 12.1 Å². The molecule has 1 aliphatic heterocycles. The van der Waals surface area contributed by atoms with Crippen LogP contribution in [0.3, 0.4) is 0 Å². The van der Waals surface area contributed by atoms with Gasteiger partial charge in [-0.05, 0) is 55.2 Å². The number of carbonyl (C=O) groups is 1. The number of sulfonamides is 1. The number of aromatic carboxylic acids is 1. The highest BCUT2D eigenvalue weighted by Crippen LogP contribution is 2.29. The third kappa shape index (κ3) is 4.24. The molecule has 0 unspecified atom stereocenters. The standard InChI is InChI=1S/C19H20F2N2O4S/c1-12-6-8-23(9-7-12)18-5-2-13(10-15(18)19(24)25)22-28(26,27)14-3-4-16(20)17(21)11-14/h2-5,10-12,22H,6-9H2,1H3,(H,24,25). The van der Waals surface area contributed by atoms with E-state index in [2.05, 4.69) is 11.6 Å². The zero-order valence-electron chi connectivity index (χ0n) is 15.2. The molecule has 0 saturated carbocycles. The summed E-state index contributed by atoms with van der Waals surface area (Å²) in [6, 6.07) is 6.46. The molecule has 2 aromatic rings. The minimum absolute atomic E-state index is 0.0243. The summed E-state index contributed by atoms with van der Waals surface area (Å²) in [6.07, 6.45) is 1.90. The summed E-state index contributed by atoms with van der Waals surface area (Å²) in [5.41, 5.74) is 0.520. The Labute approximate surface area is 161 Å². The highest BCUT2D eigenvalue weighted by Gasteiger charge is 2.23. The number of rotatable bonds is 5. The second-order valence-corrected chi connectivity index (χ2v) is 8.57. The van der Waals surface area contributed by atoms with Gasteiger partial charge in [-0.15, -0.1) is 0 Å². The zero-order chi connectivity index (χ0) is 20.5. The number of piperidine rings is 1. The van der Waals surface area contributed by atoms with E-state index in [4.69, 9.17) is 0 Å². The van der Waals surface area contributed by atoms with Gasteiger partial charge < -0.3 is 10.0 Å². The summed E-state index contributed by atoms with van der Waals surface area (Å²) in [6.45, 7) is 3.59. The summed E-state index contributed by atoms with van der Waals surface area (Å²) in [4.78, 5) is 13.2. The quantitative estimate of drug-likeness (QED) is 0.785. The van der Waals surface area contributed by atoms with Crippen LogP contribution < -0.4 is 9.62 Å². The summed E-state index contributed by atoms with van der Waals surface area (Å²) < 4.78 is 53.4. The maximum atomic E-state index is 13.4. The van der Waals surface area contributed by atoms with Gasteiger partial charge in [-0.1, -0.05) is 6.92 Å². The van der Waals surface area contributed by atoms with E-state index in [0.29, 0.717) is 23.7 Å². The van der Waals surface area contributed by atoms with Gasteiger partial charge in [0, 0.05) is 18.8 Å². The van der Waals surface area contributed by atoms with Crippen molar-refractivity contribution < 1.29 is 27.1 Å². The van der Waals surface area contributed by atoms with Gasteiger partial charge in [0.15, 0.2) is 11.6 Å². The van der Waals surface area contributed by atoms with Crippen molar-refractivity contribution in [1.29, 1.82) is 0 Å². The number of benzene rings is 2. The van der Waals surface area contributed by atoms with E-state index in [0.717, 1.165) is 32.0 Å². The second kappa shape index (κ2) is 7.75. The molecule has 0 aromatic heterocycles. The number of nitrogens with zero attached hydrogens (tertiary/aromatic N) is 1. The van der Waals surface area contributed by atoms with Crippen molar-refractivity contribution in [2.75, 3.05) is 22.7 Å². The number of halogens is 2. The Kier molecular flexibility index (Phi) is 5.55. The van der Waals surface area contributed by atoms with Gasteiger partial charge in [0.1, 0.15) is 0 Å². The van der Waals surface area contributed by atoms with Crippen LogP contribution in [0.5, 0.6) is 0 Å². The first-order valence-electron chi connectivity index (χ1n) is 8.77. The lowest BCUT2D eigenvalue weighted by molar-refractivity contribution is 0.0697. The van der Waals surface area contributed by atoms with Crippen molar-refractivity contribution in [3.8, 4) is 0 Å². The van der Waals surface area contributed by atoms with E-state index >= 15 is 0 Å². The fraction of sp³-hybridized carbons (Fsp3) is 0.316. The monoisotopic (exact) mass is 410 g/mol. The summed E-state index contributed by atoms with van der Waals surface area (Å²) in [5.74, 6) is -3.05. The van der Waals surface area contributed by atoms with Gasteiger partial charge in [0.25, 0.3) is 10.0 Å². The van der Waals surface area contributed by atoms with Crippen LogP contribution in [0.4, 0.5) is 20.2 Å². The average Bonchev–Trinajstić information content (AvgIpc) is 2.64. The molecule has 2 N–H and O–H groups in total. The summed E-state index contributed by atoms with van der Waals surface area (Å²) >= 11 is 0. The molecule has 0 radical (unpaired) electrons. The first kappa shape index (κ1) is 20.1. The number of carboxylic acids is 1. The number of anilines is 2. The molecule has 9 heteroatoms. The smallest absolute Gasteiger partial charge is 0.337 e. The van der Waals surface area contributed by atoms with E-state index in [1.54, 1.807) is 6.07 Å². The van der Waals surface area contributed by atoms with Crippen molar-refractivity contribution in [2.45, 2.75) is 24.7 Å². The van der Waals surface area contributed by atoms with Crippen molar-refractivity contribution in [3.05, 3.63) is 53.6 Å². The maximum absolute atomic E-state index is 13.4. The van der Waals surface area contributed by atoms with Crippen LogP contribution in [0.15, 0.2) is 41.3 Å². The first-order chi connectivity index (χ1) is 13.2. The lowest BCUT2D eigenvalue weighted by Gasteiger charge is -2.33. The number of hydrogen-bond acceptors (Lipinski definition) is 4. The van der Waals surface area contributed by atoms with E-state index < -0.39 is 32.5 Å². The van der Waals surface area contributed by atoms with Crippen molar-refractivity contribution in [1.82, 2.24) is 0 Å². The molecule has 28 heavy (non-hydrogen) atoms. The molecular formula is C19H20F2N2O4S. The Hall–Kier alpha value is -2.68. The highest BCUT2D eigenvalue weighted by atomic mass is 32.2. The molecule has 1 saturated heterocycles. The molecule has 6 nitrogen and oxygen atoms in total. The van der Waals surface area contributed by atoms with E-state index in [9.17, 15) is 27.1 Å². The Morgan fingerprint density at radius 1 is 1.11 bits per heavy atom. The molecule has 1 heterocycles. The molecule has 0 aliphatic carbocycles. The van der Waals surface area contributed by atoms with Gasteiger partial charge in [-0.2, -0.15) is 0 Å². The Balaban J connectivity index is 1.89. The molecular weight excluding hydrogens is 390 g/mol. The van der Waals surface area contributed by atoms with Crippen LogP contribution in [0, 0.1) is 17.6 Å². The average molecular weight is 410 g/mol. The molecule has 0 spiro atoms. The summed E-state index contributed by atoms with van der Waals surface area (Å²) in [5, 5.41) is 9.56. The molecule has 1 aliphatic rings. The van der Waals surface area contributed by atoms with Crippen molar-refractivity contribution in [2.24, 2.45) is 5.92 Å². The van der Waals surface area contributed by atoms with Gasteiger partial charge in [-0.3, -0.25) is 4.72 Å². The lowest BCUT2D eigenvalue weighted by Crippen LogP contribution is -2.33. The Morgan fingerprint density at radius 3 is 2.39 bits per heavy atom. The van der Waals surface area contributed by atoms with Gasteiger partial charge in [0.05, 0.1) is 16.1 Å². The molecule has 1 fully saturated rings. The molecule has 3 rings (SSSR count). The predicted molar refractivity (Wildman–Crippen MR) is 101 cm³/mol. The van der Waals surface area contributed by atoms with Crippen LogP contribution in [0.25, 0.3) is 0 Å². The van der Waals surface area contributed by atoms with Crippen LogP contribution in [0.2, 0.25) is 0 Å². The first-order valence-corrected chi connectivity index (χ1v) is 10.3. The van der Waals surface area contributed by atoms with E-state index in [-0.39, 0.29) is 11.3 Å². The van der Waals surface area contributed by atoms with Gasteiger partial charge in [-0.25, -0.2) is 22.0 Å². The van der Waals surface area contributed by atoms with Crippen LogP contribution >= 0.6 is 0 Å². The van der Waals surface area contributed by atoms with E-state index in [1.807, 2.05) is 4.90 Å². The van der Waals surface area contributed by atoms with Gasteiger partial charge in [0.2, 0.25) is 0 Å². The molecule has 150 valence electrons. The molecule has 0 bridgehead atoms. The Bertz CT molecular complexity index is 1000. The Morgan fingerprint density at radius 2 is 1.79 bits per heavy atom. The van der Waals surface area contributed by atoms with Crippen LogP contribution in [-0.2, 0) is 10.0 Å². The largest absolute Gasteiger partial charge is 0.478 e. The zero-order valence-corrected chi connectivity index (χ0v) is 16.0. The van der Waals surface area contributed by atoms with Crippen molar-refractivity contribution >= 4 is 27.4 Å². The highest BCUT2D eigenvalue weighted by molar-refractivity contribution is 7.92. The SMILES string of the molecule is CC1CCN(c2ccc(NS(=O)(=O)c3ccc(F)c(F)c3)cc2C(=O)O)CC1. The predicted octanol–water partition coefficient (Wildman–Crippen LogP) is 3.70. The lowest BCUT2D eigenvalue weighted by atomic mass is 9.98. The minimum Gasteiger partial charge on any atom is -0.478 e. The minimum atomic E-state index is -4.20. The third-order valence-corrected chi connectivity index (χ3v) is 6.18. The molecule has 0 amide bonds. The molecule has 0 atom stereocenters. The topological polar surface area (TPSA) is 86.7 Å². The third-order valence-electron chi connectivity index (χ3n) is 4.80. The molecule has 2 aromatic carbocycles. The normalized spacial score (nSPS) is 15.5. The van der Waals surface area contributed by atoms with Crippen LogP contribution in [0.1, 0.15) is 30.1 Å². The summed E-state index contributed by atoms with van der Waals surface area (Å²) in [7, 11) is -4.20.